The van der Waals surface area contributed by atoms with Gasteiger partial charge in [-0.3, -0.25) is 15.0 Å². The summed E-state index contributed by atoms with van der Waals surface area (Å²) in [6, 6.07) is 9.23. The Balaban J connectivity index is 1.37. The van der Waals surface area contributed by atoms with E-state index in [9.17, 15) is 20.0 Å². The van der Waals surface area contributed by atoms with Crippen molar-refractivity contribution in [3.63, 3.8) is 0 Å². The molecule has 3 aliphatic heterocycles. The van der Waals surface area contributed by atoms with Crippen LogP contribution in [0.25, 0.3) is 0 Å². The summed E-state index contributed by atoms with van der Waals surface area (Å²) in [5, 5.41) is 21.8. The lowest BCUT2D eigenvalue weighted by Crippen LogP contribution is -2.51. The van der Waals surface area contributed by atoms with Crippen LogP contribution in [0.3, 0.4) is 0 Å². The fourth-order valence-corrected chi connectivity index (χ4v) is 5.38. The number of non-ortho nitro benzene ring substituents is 1. The van der Waals surface area contributed by atoms with Gasteiger partial charge in [-0.1, -0.05) is 11.6 Å². The predicted octanol–water partition coefficient (Wildman–Crippen LogP) is 2.52. The van der Waals surface area contributed by atoms with Crippen molar-refractivity contribution in [3.8, 4) is 11.5 Å². The number of aliphatic hydroxyl groups excluding tert-OH is 1. The van der Waals surface area contributed by atoms with E-state index >= 15 is 0 Å². The molecule has 2 aromatic carbocycles. The number of aliphatic hydroxyl groups is 1. The lowest BCUT2D eigenvalue weighted by atomic mass is 9.73. The molecule has 32 heavy (non-hydrogen) atoms. The standard InChI is InChI=1S/C23H20N2O7/c26-17-7-13-5-6-24-10-14-8-18-19(31-11-30-18)9-16(14)20(21(13)24)22(17)32-23(27)12-1-3-15(4-2-12)25(28)29/h1-4,7-9,17,20-22,26H,5-6,10-11H2/t17-,20-,21+,22+/m0/s1. The van der Waals surface area contributed by atoms with Gasteiger partial charge in [0, 0.05) is 37.2 Å². The zero-order chi connectivity index (χ0) is 22.0. The number of benzene rings is 2. The first-order valence-corrected chi connectivity index (χ1v) is 10.5. The smallest absolute Gasteiger partial charge is 0.338 e. The molecule has 6 rings (SSSR count). The van der Waals surface area contributed by atoms with E-state index in [1.807, 2.05) is 18.2 Å². The van der Waals surface area contributed by atoms with Gasteiger partial charge in [0.15, 0.2) is 11.5 Å². The second-order valence-electron chi connectivity index (χ2n) is 8.50. The van der Waals surface area contributed by atoms with Crippen molar-refractivity contribution < 1.29 is 29.0 Å². The highest BCUT2D eigenvalue weighted by atomic mass is 16.7. The molecule has 0 aromatic heterocycles. The summed E-state index contributed by atoms with van der Waals surface area (Å²) >= 11 is 0. The van der Waals surface area contributed by atoms with Crippen molar-refractivity contribution in [2.24, 2.45) is 0 Å². The maximum atomic E-state index is 12.9. The molecule has 2 aromatic rings. The molecule has 0 bridgehead atoms. The van der Waals surface area contributed by atoms with Gasteiger partial charge in [0.25, 0.3) is 5.69 Å². The van der Waals surface area contributed by atoms with Crippen LogP contribution < -0.4 is 9.47 Å². The number of hydrogen-bond acceptors (Lipinski definition) is 8. The van der Waals surface area contributed by atoms with Crippen LogP contribution in [0.15, 0.2) is 48.0 Å². The number of esters is 1. The number of nitrogens with zero attached hydrogens (tertiary/aromatic N) is 2. The SMILES string of the molecule is O=C(O[C@H]1[C@H]2c3cc4c(cc3CN3CCC(=C[C@@H]1O)[C@H]23)OCO4)c1ccc([N+](=O)[O-])cc1. The van der Waals surface area contributed by atoms with Crippen LogP contribution >= 0.6 is 0 Å². The normalized spacial score (nSPS) is 27.3. The van der Waals surface area contributed by atoms with Gasteiger partial charge in [0.2, 0.25) is 6.79 Å². The lowest BCUT2D eigenvalue weighted by Gasteiger charge is -2.45. The van der Waals surface area contributed by atoms with Crippen molar-refractivity contribution in [2.45, 2.75) is 37.1 Å². The molecule has 0 unspecified atom stereocenters. The minimum absolute atomic E-state index is 0.0425. The van der Waals surface area contributed by atoms with E-state index in [4.69, 9.17) is 14.2 Å². The van der Waals surface area contributed by atoms with Crippen LogP contribution in [0.4, 0.5) is 5.69 Å². The third-order valence-corrected chi connectivity index (χ3v) is 6.80. The van der Waals surface area contributed by atoms with Crippen LogP contribution in [0.1, 0.15) is 33.8 Å². The molecule has 0 radical (unpaired) electrons. The van der Waals surface area contributed by atoms with Gasteiger partial charge in [-0.05, 0) is 41.8 Å². The summed E-state index contributed by atoms with van der Waals surface area (Å²) in [5.74, 6) is 0.472. The molecule has 164 valence electrons. The Morgan fingerprint density at radius 1 is 1.19 bits per heavy atom. The third-order valence-electron chi connectivity index (χ3n) is 6.80. The van der Waals surface area contributed by atoms with Gasteiger partial charge in [-0.2, -0.15) is 0 Å². The quantitative estimate of drug-likeness (QED) is 0.338. The topological polar surface area (TPSA) is 111 Å². The molecule has 1 aliphatic carbocycles. The Kier molecular flexibility index (Phi) is 4.24. The summed E-state index contributed by atoms with van der Waals surface area (Å²) < 4.78 is 17.0. The highest BCUT2D eigenvalue weighted by molar-refractivity contribution is 5.90. The molecular weight excluding hydrogens is 416 g/mol. The molecule has 1 saturated heterocycles. The molecule has 4 atom stereocenters. The van der Waals surface area contributed by atoms with E-state index in [-0.39, 0.29) is 30.0 Å². The molecular formula is C23H20N2O7. The molecule has 0 amide bonds. The summed E-state index contributed by atoms with van der Waals surface area (Å²) in [5.41, 5.74) is 3.31. The van der Waals surface area contributed by atoms with Crippen LogP contribution in [0, 0.1) is 10.1 Å². The van der Waals surface area contributed by atoms with Gasteiger partial charge < -0.3 is 19.3 Å². The van der Waals surface area contributed by atoms with Gasteiger partial charge >= 0.3 is 5.97 Å². The Morgan fingerprint density at radius 2 is 1.94 bits per heavy atom. The van der Waals surface area contributed by atoms with Gasteiger partial charge in [-0.25, -0.2) is 4.79 Å². The minimum atomic E-state index is -0.954. The van der Waals surface area contributed by atoms with E-state index in [0.717, 1.165) is 36.2 Å². The Bertz CT molecular complexity index is 1160. The molecule has 4 aliphatic rings. The van der Waals surface area contributed by atoms with Gasteiger partial charge in [0.05, 0.1) is 10.5 Å². The lowest BCUT2D eigenvalue weighted by molar-refractivity contribution is -0.384. The summed E-state index contributed by atoms with van der Waals surface area (Å²) in [4.78, 5) is 25.6. The Hall–Kier alpha value is -3.43. The first-order chi connectivity index (χ1) is 15.5. The summed E-state index contributed by atoms with van der Waals surface area (Å²) in [6.07, 6.45) is 0.922. The fourth-order valence-electron chi connectivity index (χ4n) is 5.38. The average molecular weight is 436 g/mol. The number of carbonyl (C=O) groups is 1. The van der Waals surface area contributed by atoms with E-state index in [2.05, 4.69) is 4.90 Å². The zero-order valence-electron chi connectivity index (χ0n) is 17.0. The van der Waals surface area contributed by atoms with Crippen LogP contribution in [-0.4, -0.2) is 52.5 Å². The molecule has 3 heterocycles. The van der Waals surface area contributed by atoms with Gasteiger partial charge in [-0.15, -0.1) is 0 Å². The fraction of sp³-hybridized carbons (Fsp3) is 0.348. The number of ether oxygens (including phenoxy) is 3. The molecule has 0 saturated carbocycles. The zero-order valence-corrected chi connectivity index (χ0v) is 17.0. The minimum Gasteiger partial charge on any atom is -0.455 e. The Labute approximate surface area is 182 Å². The largest absolute Gasteiger partial charge is 0.455 e. The number of nitro groups is 1. The Morgan fingerprint density at radius 3 is 2.69 bits per heavy atom. The van der Waals surface area contributed by atoms with Crippen LogP contribution in [-0.2, 0) is 11.3 Å². The number of hydrogen-bond donors (Lipinski definition) is 1. The first-order valence-electron chi connectivity index (χ1n) is 10.5. The van der Waals surface area contributed by atoms with E-state index in [0.29, 0.717) is 11.5 Å². The van der Waals surface area contributed by atoms with E-state index in [1.54, 1.807) is 0 Å². The molecule has 9 nitrogen and oxygen atoms in total. The maximum Gasteiger partial charge on any atom is 0.338 e. The summed E-state index contributed by atoms with van der Waals surface area (Å²) in [6.45, 7) is 1.79. The third kappa shape index (κ3) is 2.89. The van der Waals surface area contributed by atoms with Crippen LogP contribution in [0.2, 0.25) is 0 Å². The monoisotopic (exact) mass is 436 g/mol. The number of nitro benzene ring substituents is 1. The van der Waals surface area contributed by atoms with Crippen molar-refractivity contribution in [1.29, 1.82) is 0 Å². The molecule has 1 fully saturated rings. The predicted molar refractivity (Wildman–Crippen MR) is 111 cm³/mol. The van der Waals surface area contributed by atoms with Crippen molar-refractivity contribution in [3.05, 3.63) is 74.9 Å². The summed E-state index contributed by atoms with van der Waals surface area (Å²) in [7, 11) is 0. The highest BCUT2D eigenvalue weighted by Crippen LogP contribution is 2.50. The van der Waals surface area contributed by atoms with E-state index in [1.165, 1.54) is 24.3 Å². The van der Waals surface area contributed by atoms with Gasteiger partial charge in [0.1, 0.15) is 12.2 Å². The molecule has 1 N–H and O–H groups in total. The van der Waals surface area contributed by atoms with E-state index < -0.39 is 23.1 Å². The second kappa shape index (κ2) is 7.04. The second-order valence-corrected chi connectivity index (χ2v) is 8.50. The van der Waals surface area contributed by atoms with Crippen molar-refractivity contribution in [2.75, 3.05) is 13.3 Å². The molecule has 9 heteroatoms. The number of rotatable bonds is 3. The highest BCUT2D eigenvalue weighted by Gasteiger charge is 2.51. The average Bonchev–Trinajstić information content (AvgIpc) is 3.41. The number of carbonyl (C=O) groups excluding carboxylic acids is 1. The molecule has 0 spiro atoms. The number of fused-ring (bicyclic) bond motifs is 3. The van der Waals surface area contributed by atoms with Crippen molar-refractivity contribution >= 4 is 11.7 Å². The van der Waals surface area contributed by atoms with Crippen LogP contribution in [0.5, 0.6) is 11.5 Å². The maximum absolute atomic E-state index is 12.9. The van der Waals surface area contributed by atoms with Crippen molar-refractivity contribution in [1.82, 2.24) is 4.90 Å². The first kappa shape index (κ1) is 19.3.